The van der Waals surface area contributed by atoms with Crippen LogP contribution in [0.2, 0.25) is 11.6 Å². The zero-order chi connectivity index (χ0) is 15.6. The Balaban J connectivity index is 2.46. The van der Waals surface area contributed by atoms with Crippen LogP contribution in [0.3, 0.4) is 0 Å². The van der Waals surface area contributed by atoms with E-state index in [-0.39, 0.29) is 5.04 Å². The molecule has 0 aromatic heterocycles. The molecule has 1 radical (unpaired) electrons. The average Bonchev–Trinajstić information content (AvgIpc) is 2.68. The van der Waals surface area contributed by atoms with Gasteiger partial charge in [-0.25, -0.2) is 0 Å². The average molecular weight is 298 g/mol. The lowest BCUT2D eigenvalue weighted by Crippen LogP contribution is -2.40. The van der Waals surface area contributed by atoms with Crippen molar-refractivity contribution in [3.05, 3.63) is 59.0 Å². The van der Waals surface area contributed by atoms with Gasteiger partial charge in [-0.15, -0.1) is 0 Å². The fraction of sp³-hybridized carbons (Fsp3) is 0.450. The van der Waals surface area contributed by atoms with Crippen LogP contribution in [-0.2, 0) is 0 Å². The predicted molar refractivity (Wildman–Crippen MR) is 97.7 cm³/mol. The molecule has 0 nitrogen and oxygen atoms in total. The molecule has 1 aliphatic rings. The summed E-state index contributed by atoms with van der Waals surface area (Å²) in [6.45, 7) is 14.3. The van der Waals surface area contributed by atoms with Gasteiger partial charge in [0.2, 0.25) is 0 Å². The van der Waals surface area contributed by atoms with Crippen molar-refractivity contribution >= 4 is 14.0 Å². The summed E-state index contributed by atoms with van der Waals surface area (Å²) in [4.78, 5) is 0. The molecule has 1 heteroatoms. The zero-order valence-corrected chi connectivity index (χ0v) is 15.6. The van der Waals surface area contributed by atoms with Crippen molar-refractivity contribution in [1.29, 1.82) is 0 Å². The summed E-state index contributed by atoms with van der Waals surface area (Å²) >= 11 is 0. The molecule has 2 rings (SSSR count). The SMILES string of the molecule is CCC[CH]C1=C(C)C(C)=C(C)C1(C)[SiH](C)c1ccccc1. The molecule has 0 fully saturated rings. The van der Waals surface area contributed by atoms with Crippen molar-refractivity contribution in [2.24, 2.45) is 0 Å². The molecule has 1 aromatic carbocycles. The molecule has 1 aromatic rings. The van der Waals surface area contributed by atoms with Crippen LogP contribution in [0.4, 0.5) is 0 Å². The van der Waals surface area contributed by atoms with Crippen LogP contribution < -0.4 is 5.19 Å². The topological polar surface area (TPSA) is 0 Å². The van der Waals surface area contributed by atoms with E-state index in [1.165, 1.54) is 24.0 Å². The summed E-state index contributed by atoms with van der Waals surface area (Å²) < 4.78 is 0. The highest BCUT2D eigenvalue weighted by Crippen LogP contribution is 2.55. The number of benzene rings is 1. The van der Waals surface area contributed by atoms with Gasteiger partial charge >= 0.3 is 0 Å². The van der Waals surface area contributed by atoms with E-state index >= 15 is 0 Å². The van der Waals surface area contributed by atoms with Gasteiger partial charge in [0.15, 0.2) is 0 Å². The molecule has 1 aliphatic carbocycles. The van der Waals surface area contributed by atoms with Gasteiger partial charge in [0.05, 0.1) is 8.80 Å². The molecule has 0 aliphatic heterocycles. The Bertz CT molecular complexity index is 565. The Morgan fingerprint density at radius 3 is 2.24 bits per heavy atom. The summed E-state index contributed by atoms with van der Waals surface area (Å²) in [7, 11) is -1.11. The molecule has 0 bridgehead atoms. The normalized spacial score (nSPS) is 23.9. The van der Waals surface area contributed by atoms with E-state index in [4.69, 9.17) is 0 Å². The highest BCUT2D eigenvalue weighted by atomic mass is 28.3. The van der Waals surface area contributed by atoms with Crippen molar-refractivity contribution in [3.8, 4) is 0 Å². The Kier molecular flexibility index (Phi) is 4.93. The van der Waals surface area contributed by atoms with Gasteiger partial charge in [0, 0.05) is 5.04 Å². The number of rotatable bonds is 5. The standard InChI is InChI=1S/C20H29Si/c1-7-8-14-19-16(3)15(2)17(4)20(19,5)21(6)18-12-10-9-11-13-18/h9-14,21H,7-8H2,1-6H3. The smallest absolute Gasteiger partial charge is 0.0671 e. The van der Waals surface area contributed by atoms with Gasteiger partial charge in [0.25, 0.3) is 0 Å². The lowest BCUT2D eigenvalue weighted by molar-refractivity contribution is 0.791. The van der Waals surface area contributed by atoms with Crippen LogP contribution >= 0.6 is 0 Å². The largest absolute Gasteiger partial charge is 0.0829 e. The summed E-state index contributed by atoms with van der Waals surface area (Å²) in [5.74, 6) is 0. The van der Waals surface area contributed by atoms with Crippen molar-refractivity contribution in [3.63, 3.8) is 0 Å². The van der Waals surface area contributed by atoms with Gasteiger partial charge in [-0.3, -0.25) is 0 Å². The van der Waals surface area contributed by atoms with E-state index < -0.39 is 8.80 Å². The van der Waals surface area contributed by atoms with Crippen LogP contribution in [0.15, 0.2) is 52.6 Å². The molecule has 0 heterocycles. The Hall–Kier alpha value is -1.08. The van der Waals surface area contributed by atoms with Crippen LogP contribution in [0.5, 0.6) is 0 Å². The van der Waals surface area contributed by atoms with Gasteiger partial charge < -0.3 is 0 Å². The number of hydrogen-bond donors (Lipinski definition) is 0. The Morgan fingerprint density at radius 1 is 1.05 bits per heavy atom. The molecule has 0 N–H and O–H groups in total. The van der Waals surface area contributed by atoms with Crippen molar-refractivity contribution in [1.82, 2.24) is 0 Å². The third-order valence-corrected chi connectivity index (χ3v) is 9.53. The van der Waals surface area contributed by atoms with Gasteiger partial charge in [0.1, 0.15) is 0 Å². The fourth-order valence-electron chi connectivity index (χ4n) is 3.75. The van der Waals surface area contributed by atoms with Crippen molar-refractivity contribution < 1.29 is 0 Å². The Labute approximate surface area is 132 Å². The van der Waals surface area contributed by atoms with E-state index in [0.717, 1.165) is 0 Å². The first-order valence-corrected chi connectivity index (χ1v) is 10.5. The lowest BCUT2D eigenvalue weighted by Gasteiger charge is -2.36. The lowest BCUT2D eigenvalue weighted by atomic mass is 9.92. The number of hydrogen-bond acceptors (Lipinski definition) is 0. The highest BCUT2D eigenvalue weighted by molar-refractivity contribution is 6.76. The third kappa shape index (κ3) is 2.68. The number of allylic oxidation sites excluding steroid dienone is 4. The number of unbranched alkanes of at least 4 members (excludes halogenated alkanes) is 1. The monoisotopic (exact) mass is 297 g/mol. The molecule has 2 atom stereocenters. The predicted octanol–water partition coefficient (Wildman–Crippen LogP) is 5.18. The second-order valence-corrected chi connectivity index (χ2v) is 9.88. The molecule has 0 spiro atoms. The summed E-state index contributed by atoms with van der Waals surface area (Å²) in [6, 6.07) is 11.2. The first-order valence-electron chi connectivity index (χ1n) is 8.22. The van der Waals surface area contributed by atoms with Crippen molar-refractivity contribution in [2.75, 3.05) is 0 Å². The van der Waals surface area contributed by atoms with Crippen LogP contribution in [0.1, 0.15) is 47.5 Å². The van der Waals surface area contributed by atoms with Gasteiger partial charge in [-0.1, -0.05) is 73.5 Å². The van der Waals surface area contributed by atoms with E-state index in [1.54, 1.807) is 16.3 Å². The minimum atomic E-state index is -1.11. The maximum absolute atomic E-state index is 2.52. The molecule has 113 valence electrons. The maximum atomic E-state index is 2.52. The van der Waals surface area contributed by atoms with Crippen LogP contribution in [-0.4, -0.2) is 8.80 Å². The molecule has 21 heavy (non-hydrogen) atoms. The first kappa shape index (κ1) is 16.3. The highest BCUT2D eigenvalue weighted by Gasteiger charge is 2.43. The molecule has 0 saturated heterocycles. The summed E-state index contributed by atoms with van der Waals surface area (Å²) in [5.41, 5.74) is 6.27. The molecule has 2 unspecified atom stereocenters. The first-order chi connectivity index (χ1) is 9.94. The van der Waals surface area contributed by atoms with Crippen LogP contribution in [0, 0.1) is 6.42 Å². The third-order valence-electron chi connectivity index (χ3n) is 5.67. The quantitative estimate of drug-likeness (QED) is 0.657. The van der Waals surface area contributed by atoms with E-state index in [1.807, 2.05) is 0 Å². The summed E-state index contributed by atoms with van der Waals surface area (Å²) in [6.07, 6.45) is 4.94. The second-order valence-electron chi connectivity index (χ2n) is 6.62. The van der Waals surface area contributed by atoms with Gasteiger partial charge in [-0.2, -0.15) is 0 Å². The molecule has 0 amide bonds. The minimum absolute atomic E-state index is 0.269. The van der Waals surface area contributed by atoms with Crippen molar-refractivity contribution in [2.45, 2.75) is 59.0 Å². The van der Waals surface area contributed by atoms with Crippen LogP contribution in [0.25, 0.3) is 0 Å². The molecule has 0 saturated carbocycles. The fourth-order valence-corrected chi connectivity index (χ4v) is 6.88. The van der Waals surface area contributed by atoms with Gasteiger partial charge in [-0.05, 0) is 44.8 Å². The summed E-state index contributed by atoms with van der Waals surface area (Å²) in [5, 5.41) is 1.84. The minimum Gasteiger partial charge on any atom is -0.0671 e. The van der Waals surface area contributed by atoms with E-state index in [0.29, 0.717) is 0 Å². The van der Waals surface area contributed by atoms with E-state index in [9.17, 15) is 0 Å². The molecular formula is C20H29Si. The maximum Gasteiger partial charge on any atom is 0.0829 e. The second kappa shape index (κ2) is 6.35. The Morgan fingerprint density at radius 2 is 1.67 bits per heavy atom. The zero-order valence-electron chi connectivity index (χ0n) is 14.5. The van der Waals surface area contributed by atoms with E-state index in [2.05, 4.69) is 77.9 Å². The molecular weight excluding hydrogens is 268 g/mol.